The average Bonchev–Trinajstić information content (AvgIpc) is 2.34. The lowest BCUT2D eigenvalue weighted by molar-refractivity contribution is 0.474. The summed E-state index contributed by atoms with van der Waals surface area (Å²) in [6.45, 7) is 3.88. The number of nitrogens with zero attached hydrogens (tertiary/aromatic N) is 2. The van der Waals surface area contributed by atoms with Crippen molar-refractivity contribution in [1.82, 2.24) is 4.98 Å². The van der Waals surface area contributed by atoms with E-state index >= 15 is 0 Å². The predicted molar refractivity (Wildman–Crippen MR) is 76.8 cm³/mol. The van der Waals surface area contributed by atoms with Crippen LogP contribution in [0, 0.1) is 13.8 Å². The van der Waals surface area contributed by atoms with E-state index in [-0.39, 0.29) is 5.75 Å². The molecule has 0 atom stereocenters. The van der Waals surface area contributed by atoms with Crippen molar-refractivity contribution < 1.29 is 5.11 Å². The molecule has 0 fully saturated rings. The molecule has 92 valence electrons. The second-order valence-electron chi connectivity index (χ2n) is 4.05. The standard InChI is InChI=1S/C14H13BrN2O/c1-9-3-4-10(2)17-14(9)16-8-11-7-12(15)5-6-13(11)18/h3-8,18H,1-2H3. The zero-order valence-corrected chi connectivity index (χ0v) is 11.8. The molecule has 2 aromatic rings. The number of rotatable bonds is 2. The second kappa shape index (κ2) is 5.31. The molecule has 0 aliphatic rings. The first-order valence-electron chi connectivity index (χ1n) is 5.53. The van der Waals surface area contributed by atoms with E-state index in [1.807, 2.05) is 32.0 Å². The molecule has 1 heterocycles. The molecule has 0 saturated carbocycles. The van der Waals surface area contributed by atoms with Crippen molar-refractivity contribution >= 4 is 28.0 Å². The van der Waals surface area contributed by atoms with E-state index < -0.39 is 0 Å². The first-order chi connectivity index (χ1) is 8.56. The molecule has 0 aliphatic heterocycles. The van der Waals surface area contributed by atoms with Gasteiger partial charge in [-0.3, -0.25) is 0 Å². The van der Waals surface area contributed by atoms with Crippen LogP contribution in [0.5, 0.6) is 5.75 Å². The van der Waals surface area contributed by atoms with Crippen LogP contribution in [0.25, 0.3) is 0 Å². The van der Waals surface area contributed by atoms with Crippen LogP contribution in [-0.4, -0.2) is 16.3 Å². The lowest BCUT2D eigenvalue weighted by Crippen LogP contribution is -1.87. The summed E-state index contributed by atoms with van der Waals surface area (Å²) in [5.74, 6) is 0.877. The van der Waals surface area contributed by atoms with E-state index in [4.69, 9.17) is 0 Å². The van der Waals surface area contributed by atoms with Crippen molar-refractivity contribution in [3.05, 3.63) is 51.6 Å². The van der Waals surface area contributed by atoms with Crippen molar-refractivity contribution in [3.8, 4) is 5.75 Å². The first kappa shape index (κ1) is 12.8. The van der Waals surface area contributed by atoms with Crippen molar-refractivity contribution in [3.63, 3.8) is 0 Å². The fraction of sp³-hybridized carbons (Fsp3) is 0.143. The highest BCUT2D eigenvalue weighted by molar-refractivity contribution is 9.10. The monoisotopic (exact) mass is 304 g/mol. The van der Waals surface area contributed by atoms with Gasteiger partial charge in [0.15, 0.2) is 5.82 Å². The summed E-state index contributed by atoms with van der Waals surface area (Å²) < 4.78 is 0.899. The zero-order chi connectivity index (χ0) is 13.1. The summed E-state index contributed by atoms with van der Waals surface area (Å²) in [4.78, 5) is 8.67. The van der Waals surface area contributed by atoms with Gasteiger partial charge in [-0.1, -0.05) is 22.0 Å². The Balaban J connectivity index is 2.35. The quantitative estimate of drug-likeness (QED) is 0.855. The van der Waals surface area contributed by atoms with Crippen LogP contribution < -0.4 is 0 Å². The number of aromatic hydroxyl groups is 1. The Morgan fingerprint density at radius 2 is 2.00 bits per heavy atom. The molecule has 1 aromatic carbocycles. The number of benzene rings is 1. The smallest absolute Gasteiger partial charge is 0.154 e. The molecule has 0 bridgehead atoms. The van der Waals surface area contributed by atoms with E-state index in [0.717, 1.165) is 15.7 Å². The van der Waals surface area contributed by atoms with Gasteiger partial charge in [-0.15, -0.1) is 0 Å². The van der Waals surface area contributed by atoms with Gasteiger partial charge < -0.3 is 5.11 Å². The van der Waals surface area contributed by atoms with Gasteiger partial charge in [-0.2, -0.15) is 0 Å². The van der Waals surface area contributed by atoms with Crippen LogP contribution in [0.4, 0.5) is 5.82 Å². The van der Waals surface area contributed by atoms with Crippen LogP contribution in [0.1, 0.15) is 16.8 Å². The number of hydrogen-bond acceptors (Lipinski definition) is 3. The van der Waals surface area contributed by atoms with E-state index in [0.29, 0.717) is 11.4 Å². The molecule has 0 saturated heterocycles. The average molecular weight is 305 g/mol. The molecule has 0 amide bonds. The largest absolute Gasteiger partial charge is 0.507 e. The maximum absolute atomic E-state index is 9.70. The maximum Gasteiger partial charge on any atom is 0.154 e. The number of hydrogen-bond donors (Lipinski definition) is 1. The van der Waals surface area contributed by atoms with Gasteiger partial charge in [-0.25, -0.2) is 9.98 Å². The van der Waals surface area contributed by atoms with Gasteiger partial charge in [0.05, 0.1) is 0 Å². The zero-order valence-electron chi connectivity index (χ0n) is 10.2. The third-order valence-corrected chi connectivity index (χ3v) is 3.02. The Morgan fingerprint density at radius 3 is 2.78 bits per heavy atom. The molecule has 0 aliphatic carbocycles. The van der Waals surface area contributed by atoms with Crippen molar-refractivity contribution in [1.29, 1.82) is 0 Å². The minimum absolute atomic E-state index is 0.201. The SMILES string of the molecule is Cc1ccc(C)c(N=Cc2cc(Br)ccc2O)n1. The van der Waals surface area contributed by atoms with Gasteiger partial charge in [0.1, 0.15) is 5.75 Å². The number of halogens is 1. The Labute approximate surface area is 114 Å². The predicted octanol–water partition coefficient (Wildman–Crippen LogP) is 3.92. The van der Waals surface area contributed by atoms with E-state index in [2.05, 4.69) is 25.9 Å². The lowest BCUT2D eigenvalue weighted by atomic mass is 10.2. The lowest BCUT2D eigenvalue weighted by Gasteiger charge is -2.01. The van der Waals surface area contributed by atoms with Gasteiger partial charge in [0.25, 0.3) is 0 Å². The molecule has 1 N–H and O–H groups in total. The van der Waals surface area contributed by atoms with Crippen LogP contribution in [-0.2, 0) is 0 Å². The van der Waals surface area contributed by atoms with E-state index in [1.54, 1.807) is 18.3 Å². The highest BCUT2D eigenvalue weighted by Crippen LogP contribution is 2.21. The molecule has 0 spiro atoms. The molecule has 2 rings (SSSR count). The van der Waals surface area contributed by atoms with Crippen molar-refractivity contribution in [2.75, 3.05) is 0 Å². The number of pyridine rings is 1. The highest BCUT2D eigenvalue weighted by atomic mass is 79.9. The Bertz CT molecular complexity index is 555. The summed E-state index contributed by atoms with van der Waals surface area (Å²) in [5.41, 5.74) is 2.59. The maximum atomic E-state index is 9.70. The number of aromatic nitrogens is 1. The number of aliphatic imine (C=N–C) groups is 1. The van der Waals surface area contributed by atoms with Crippen LogP contribution in [0.2, 0.25) is 0 Å². The minimum atomic E-state index is 0.201. The minimum Gasteiger partial charge on any atom is -0.507 e. The number of phenols is 1. The van der Waals surface area contributed by atoms with Gasteiger partial charge in [0.2, 0.25) is 0 Å². The van der Waals surface area contributed by atoms with Gasteiger partial charge in [0, 0.05) is 21.9 Å². The third-order valence-electron chi connectivity index (χ3n) is 2.52. The van der Waals surface area contributed by atoms with Crippen LogP contribution >= 0.6 is 15.9 Å². The Hall–Kier alpha value is -1.68. The van der Waals surface area contributed by atoms with Crippen molar-refractivity contribution in [2.45, 2.75) is 13.8 Å². The molecule has 3 nitrogen and oxygen atoms in total. The Morgan fingerprint density at radius 1 is 1.22 bits per heavy atom. The normalized spacial score (nSPS) is 11.1. The van der Waals surface area contributed by atoms with E-state index in [9.17, 15) is 5.11 Å². The number of phenolic OH excluding ortho intramolecular Hbond substituents is 1. The molecule has 4 heteroatoms. The fourth-order valence-corrected chi connectivity index (χ4v) is 1.88. The summed E-state index contributed by atoms with van der Waals surface area (Å²) >= 11 is 3.36. The van der Waals surface area contributed by atoms with Gasteiger partial charge >= 0.3 is 0 Å². The van der Waals surface area contributed by atoms with Crippen LogP contribution in [0.15, 0.2) is 39.8 Å². The van der Waals surface area contributed by atoms with Crippen molar-refractivity contribution in [2.24, 2.45) is 4.99 Å². The van der Waals surface area contributed by atoms with Crippen LogP contribution in [0.3, 0.4) is 0 Å². The first-order valence-corrected chi connectivity index (χ1v) is 6.32. The summed E-state index contributed by atoms with van der Waals surface area (Å²) in [6, 6.07) is 9.15. The third kappa shape index (κ3) is 2.96. The molecule has 1 aromatic heterocycles. The second-order valence-corrected chi connectivity index (χ2v) is 4.97. The highest BCUT2D eigenvalue weighted by Gasteiger charge is 2.01. The molecule has 0 radical (unpaired) electrons. The fourth-order valence-electron chi connectivity index (χ4n) is 1.50. The molecule has 18 heavy (non-hydrogen) atoms. The topological polar surface area (TPSA) is 45.5 Å². The molecule has 0 unspecified atom stereocenters. The summed E-state index contributed by atoms with van der Waals surface area (Å²) in [6.07, 6.45) is 1.62. The summed E-state index contributed by atoms with van der Waals surface area (Å²) in [5, 5.41) is 9.70. The van der Waals surface area contributed by atoms with Gasteiger partial charge in [-0.05, 0) is 43.7 Å². The molecular weight excluding hydrogens is 292 g/mol. The molecular formula is C14H13BrN2O. The van der Waals surface area contributed by atoms with E-state index in [1.165, 1.54) is 0 Å². The number of aryl methyl sites for hydroxylation is 2. The Kier molecular flexibility index (Phi) is 3.77. The summed E-state index contributed by atoms with van der Waals surface area (Å²) in [7, 11) is 0.